The monoisotopic (exact) mass is 306 g/mol. The number of hydrogen-bond donors (Lipinski definition) is 0. The maximum atomic E-state index is 6.48. The van der Waals surface area contributed by atoms with Crippen LogP contribution in [0.25, 0.3) is 0 Å². The van der Waals surface area contributed by atoms with E-state index >= 15 is 0 Å². The summed E-state index contributed by atoms with van der Waals surface area (Å²) in [6, 6.07) is 0. The third kappa shape index (κ3) is 3.19. The Kier molecular flexibility index (Phi) is 4.94. The first kappa shape index (κ1) is 17.7. The molecule has 0 aromatic carbocycles. The van der Waals surface area contributed by atoms with E-state index in [1.54, 1.807) is 0 Å². The molecule has 0 amide bonds. The summed E-state index contributed by atoms with van der Waals surface area (Å²) >= 11 is 0. The lowest BCUT2D eigenvalue weighted by Crippen LogP contribution is -2.46. The molecule has 0 bridgehead atoms. The SMILES string of the molecule is C=C[C@@H]1[C@H](C)CC[C@H]1[C@]1(C)OC(C)(C)O[C@@H]1CC(=C)C(C)C. The van der Waals surface area contributed by atoms with Crippen molar-refractivity contribution in [2.24, 2.45) is 23.7 Å². The van der Waals surface area contributed by atoms with E-state index in [0.29, 0.717) is 23.7 Å². The van der Waals surface area contributed by atoms with Gasteiger partial charge in [-0.15, -0.1) is 6.58 Å². The minimum atomic E-state index is -0.520. The van der Waals surface area contributed by atoms with Crippen molar-refractivity contribution in [3.63, 3.8) is 0 Å². The van der Waals surface area contributed by atoms with Gasteiger partial charge in [0.1, 0.15) is 0 Å². The Hall–Kier alpha value is -0.600. The van der Waals surface area contributed by atoms with Gasteiger partial charge < -0.3 is 9.47 Å². The zero-order valence-electron chi connectivity index (χ0n) is 15.3. The number of hydrogen-bond acceptors (Lipinski definition) is 2. The van der Waals surface area contributed by atoms with Gasteiger partial charge in [0.15, 0.2) is 5.79 Å². The van der Waals surface area contributed by atoms with Gasteiger partial charge in [-0.25, -0.2) is 0 Å². The highest BCUT2D eigenvalue weighted by molar-refractivity contribution is 5.11. The Morgan fingerprint density at radius 2 is 1.91 bits per heavy atom. The standard InChI is InChI=1S/C20H34O2/c1-9-16-14(4)10-11-17(16)20(8)18(12-15(5)13(2)3)21-19(6,7)22-20/h9,13-14,16-18H,1,5,10-12H2,2-4,6-8H3/t14-,16-,17-,18-,20+/m1/s1. The molecule has 22 heavy (non-hydrogen) atoms. The topological polar surface area (TPSA) is 18.5 Å². The number of ether oxygens (including phenoxy) is 2. The summed E-state index contributed by atoms with van der Waals surface area (Å²) < 4.78 is 12.8. The third-order valence-electron chi connectivity index (χ3n) is 5.86. The van der Waals surface area contributed by atoms with Crippen LogP contribution >= 0.6 is 0 Å². The Balaban J connectivity index is 2.27. The molecule has 1 aliphatic heterocycles. The van der Waals surface area contributed by atoms with E-state index in [2.05, 4.69) is 46.9 Å². The summed E-state index contributed by atoms with van der Waals surface area (Å²) in [5.74, 6) is 1.63. The van der Waals surface area contributed by atoms with Crippen LogP contribution in [-0.4, -0.2) is 17.5 Å². The van der Waals surface area contributed by atoms with E-state index in [9.17, 15) is 0 Å². The molecule has 0 radical (unpaired) electrons. The van der Waals surface area contributed by atoms with Crippen LogP contribution in [0, 0.1) is 23.7 Å². The zero-order chi connectivity index (χ0) is 16.7. The second kappa shape index (κ2) is 6.13. The van der Waals surface area contributed by atoms with Gasteiger partial charge >= 0.3 is 0 Å². The molecule has 2 rings (SSSR count). The lowest BCUT2D eigenvalue weighted by Gasteiger charge is -2.38. The second-order valence-corrected chi connectivity index (χ2v) is 8.28. The van der Waals surface area contributed by atoms with Gasteiger partial charge in [-0.05, 0) is 63.7 Å². The normalized spacial score (nSPS) is 41.0. The fourth-order valence-corrected chi connectivity index (χ4v) is 4.40. The van der Waals surface area contributed by atoms with Crippen LogP contribution in [0.5, 0.6) is 0 Å². The molecule has 1 saturated carbocycles. The van der Waals surface area contributed by atoms with Crippen LogP contribution in [0.15, 0.2) is 24.8 Å². The van der Waals surface area contributed by atoms with Crippen molar-refractivity contribution in [2.45, 2.75) is 78.3 Å². The predicted molar refractivity (Wildman–Crippen MR) is 92.6 cm³/mol. The van der Waals surface area contributed by atoms with Crippen molar-refractivity contribution in [3.8, 4) is 0 Å². The lowest BCUT2D eigenvalue weighted by molar-refractivity contribution is -0.171. The molecule has 2 aliphatic rings. The average Bonchev–Trinajstić information content (AvgIpc) is 2.87. The van der Waals surface area contributed by atoms with E-state index < -0.39 is 5.79 Å². The number of allylic oxidation sites excluding steroid dienone is 1. The summed E-state index contributed by atoms with van der Waals surface area (Å²) in [5, 5.41) is 0. The van der Waals surface area contributed by atoms with E-state index in [-0.39, 0.29) is 11.7 Å². The molecule has 1 aliphatic carbocycles. The quantitative estimate of drug-likeness (QED) is 0.638. The first-order valence-corrected chi connectivity index (χ1v) is 8.79. The highest BCUT2D eigenvalue weighted by atomic mass is 16.8. The third-order valence-corrected chi connectivity index (χ3v) is 5.86. The summed E-state index contributed by atoms with van der Waals surface area (Å²) in [6.45, 7) is 21.4. The van der Waals surface area contributed by atoms with Gasteiger partial charge in [-0.1, -0.05) is 39.0 Å². The van der Waals surface area contributed by atoms with Gasteiger partial charge in [0.05, 0.1) is 11.7 Å². The largest absolute Gasteiger partial charge is 0.344 e. The smallest absolute Gasteiger partial charge is 0.164 e. The molecule has 0 spiro atoms. The van der Waals surface area contributed by atoms with Crippen molar-refractivity contribution in [2.75, 3.05) is 0 Å². The number of rotatable bonds is 5. The fourth-order valence-electron chi connectivity index (χ4n) is 4.40. The molecule has 2 heteroatoms. The molecular formula is C20H34O2. The van der Waals surface area contributed by atoms with Gasteiger partial charge in [0, 0.05) is 0 Å². The van der Waals surface area contributed by atoms with Crippen LogP contribution in [0.3, 0.4) is 0 Å². The summed E-state index contributed by atoms with van der Waals surface area (Å²) in [4.78, 5) is 0. The first-order valence-electron chi connectivity index (χ1n) is 8.79. The minimum Gasteiger partial charge on any atom is -0.344 e. The molecule has 5 atom stereocenters. The van der Waals surface area contributed by atoms with Crippen molar-refractivity contribution in [3.05, 3.63) is 24.8 Å². The zero-order valence-corrected chi connectivity index (χ0v) is 15.3. The Labute approximate surface area is 137 Å². The van der Waals surface area contributed by atoms with E-state index in [1.807, 2.05) is 13.8 Å². The predicted octanol–water partition coefficient (Wildman–Crippen LogP) is 5.35. The second-order valence-electron chi connectivity index (χ2n) is 8.28. The Morgan fingerprint density at radius 3 is 2.45 bits per heavy atom. The molecule has 2 fully saturated rings. The molecule has 0 unspecified atom stereocenters. The van der Waals surface area contributed by atoms with Gasteiger partial charge in [-0.2, -0.15) is 0 Å². The van der Waals surface area contributed by atoms with Crippen molar-refractivity contribution >= 4 is 0 Å². The summed E-state index contributed by atoms with van der Waals surface area (Å²) in [6.07, 6.45) is 5.54. The summed E-state index contributed by atoms with van der Waals surface area (Å²) in [7, 11) is 0. The molecule has 1 heterocycles. The van der Waals surface area contributed by atoms with Crippen LogP contribution in [-0.2, 0) is 9.47 Å². The summed E-state index contributed by atoms with van der Waals surface area (Å²) in [5.41, 5.74) is 0.990. The highest BCUT2D eigenvalue weighted by Gasteiger charge is 2.57. The maximum absolute atomic E-state index is 6.48. The maximum Gasteiger partial charge on any atom is 0.164 e. The molecule has 0 N–H and O–H groups in total. The lowest BCUT2D eigenvalue weighted by atomic mass is 9.74. The van der Waals surface area contributed by atoms with E-state index in [4.69, 9.17) is 9.47 Å². The van der Waals surface area contributed by atoms with Gasteiger partial charge in [0.25, 0.3) is 0 Å². The Morgan fingerprint density at radius 1 is 1.27 bits per heavy atom. The highest BCUT2D eigenvalue weighted by Crippen LogP contribution is 2.52. The van der Waals surface area contributed by atoms with Crippen LogP contribution < -0.4 is 0 Å². The molecule has 1 saturated heterocycles. The van der Waals surface area contributed by atoms with Crippen molar-refractivity contribution in [1.82, 2.24) is 0 Å². The van der Waals surface area contributed by atoms with E-state index in [0.717, 1.165) is 6.42 Å². The average molecular weight is 306 g/mol. The fraction of sp³-hybridized carbons (Fsp3) is 0.800. The van der Waals surface area contributed by atoms with E-state index in [1.165, 1.54) is 18.4 Å². The van der Waals surface area contributed by atoms with Crippen LogP contribution in [0.1, 0.15) is 60.8 Å². The minimum absolute atomic E-state index is 0.0788. The van der Waals surface area contributed by atoms with Crippen LogP contribution in [0.4, 0.5) is 0 Å². The molecule has 126 valence electrons. The van der Waals surface area contributed by atoms with Crippen molar-refractivity contribution in [1.29, 1.82) is 0 Å². The molecule has 2 nitrogen and oxygen atoms in total. The first-order chi connectivity index (χ1) is 10.1. The van der Waals surface area contributed by atoms with Crippen LogP contribution in [0.2, 0.25) is 0 Å². The van der Waals surface area contributed by atoms with Gasteiger partial charge in [0.2, 0.25) is 0 Å². The van der Waals surface area contributed by atoms with Gasteiger partial charge in [-0.3, -0.25) is 0 Å². The van der Waals surface area contributed by atoms with Crippen molar-refractivity contribution < 1.29 is 9.47 Å². The molecule has 0 aromatic heterocycles. The molecular weight excluding hydrogens is 272 g/mol. The Bertz CT molecular complexity index is 437. The molecule has 0 aromatic rings.